The van der Waals surface area contributed by atoms with Gasteiger partial charge in [-0.05, 0) is 43.7 Å². The van der Waals surface area contributed by atoms with E-state index in [4.69, 9.17) is 4.52 Å². The molecule has 0 saturated heterocycles. The van der Waals surface area contributed by atoms with Crippen LogP contribution in [0.25, 0.3) is 5.52 Å². The molecule has 1 aliphatic carbocycles. The molecule has 6 nitrogen and oxygen atoms in total. The standard InChI is InChI=1S/C16H19N5O/c1-20(10-12-6-8-21-14(9-12)5-7-17-21)11-15-18-16(22-19-15)13-3-2-4-13/h5-9,13H,2-4,10-11H2,1H3. The summed E-state index contributed by atoms with van der Waals surface area (Å²) in [5.41, 5.74) is 2.36. The van der Waals surface area contributed by atoms with Crippen LogP contribution >= 0.6 is 0 Å². The van der Waals surface area contributed by atoms with Crippen LogP contribution < -0.4 is 0 Å². The Balaban J connectivity index is 1.40. The van der Waals surface area contributed by atoms with Gasteiger partial charge in [-0.3, -0.25) is 4.90 Å². The predicted molar refractivity (Wildman–Crippen MR) is 81.3 cm³/mol. The number of pyridine rings is 1. The van der Waals surface area contributed by atoms with Crippen LogP contribution in [0.5, 0.6) is 0 Å². The monoisotopic (exact) mass is 297 g/mol. The predicted octanol–water partition coefficient (Wildman–Crippen LogP) is 2.62. The number of hydrogen-bond donors (Lipinski definition) is 0. The molecule has 1 aliphatic rings. The zero-order chi connectivity index (χ0) is 14.9. The van der Waals surface area contributed by atoms with Crippen molar-refractivity contribution < 1.29 is 4.52 Å². The van der Waals surface area contributed by atoms with Crippen LogP contribution in [0.3, 0.4) is 0 Å². The van der Waals surface area contributed by atoms with Crippen molar-refractivity contribution in [2.24, 2.45) is 0 Å². The second-order valence-corrected chi connectivity index (χ2v) is 6.08. The van der Waals surface area contributed by atoms with Gasteiger partial charge in [0.05, 0.1) is 12.1 Å². The van der Waals surface area contributed by atoms with E-state index in [1.807, 2.05) is 23.0 Å². The average molecular weight is 297 g/mol. The van der Waals surface area contributed by atoms with Gasteiger partial charge < -0.3 is 4.52 Å². The maximum atomic E-state index is 5.37. The zero-order valence-electron chi connectivity index (χ0n) is 12.6. The van der Waals surface area contributed by atoms with Crippen molar-refractivity contribution in [1.82, 2.24) is 24.7 Å². The summed E-state index contributed by atoms with van der Waals surface area (Å²) in [5.74, 6) is 2.08. The van der Waals surface area contributed by atoms with Gasteiger partial charge in [0.25, 0.3) is 0 Å². The summed E-state index contributed by atoms with van der Waals surface area (Å²) in [4.78, 5) is 6.71. The van der Waals surface area contributed by atoms with Crippen molar-refractivity contribution >= 4 is 5.52 Å². The average Bonchev–Trinajstić information content (AvgIpc) is 3.05. The fraction of sp³-hybridized carbons (Fsp3) is 0.438. The van der Waals surface area contributed by atoms with Gasteiger partial charge in [0, 0.05) is 24.9 Å². The van der Waals surface area contributed by atoms with Crippen molar-refractivity contribution in [2.45, 2.75) is 38.3 Å². The molecule has 0 amide bonds. The van der Waals surface area contributed by atoms with Gasteiger partial charge in [0.15, 0.2) is 5.82 Å². The van der Waals surface area contributed by atoms with E-state index in [0.29, 0.717) is 12.5 Å². The van der Waals surface area contributed by atoms with Crippen molar-refractivity contribution in [3.05, 3.63) is 47.9 Å². The van der Waals surface area contributed by atoms with Crippen LogP contribution in [-0.2, 0) is 13.1 Å². The minimum atomic E-state index is 0.496. The van der Waals surface area contributed by atoms with Crippen molar-refractivity contribution in [3.63, 3.8) is 0 Å². The maximum absolute atomic E-state index is 5.37. The van der Waals surface area contributed by atoms with E-state index in [1.54, 1.807) is 0 Å². The molecule has 1 saturated carbocycles. The summed E-state index contributed by atoms with van der Waals surface area (Å²) in [6, 6.07) is 6.25. The minimum Gasteiger partial charge on any atom is -0.339 e. The lowest BCUT2D eigenvalue weighted by molar-refractivity contribution is 0.281. The molecular weight excluding hydrogens is 278 g/mol. The molecule has 22 heavy (non-hydrogen) atoms. The molecule has 114 valence electrons. The van der Waals surface area contributed by atoms with E-state index in [1.165, 1.54) is 24.8 Å². The second kappa shape index (κ2) is 5.53. The highest BCUT2D eigenvalue weighted by atomic mass is 16.5. The Morgan fingerprint density at radius 3 is 3.05 bits per heavy atom. The zero-order valence-corrected chi connectivity index (χ0v) is 12.6. The summed E-state index contributed by atoms with van der Waals surface area (Å²) >= 11 is 0. The molecule has 4 rings (SSSR count). The molecule has 0 N–H and O–H groups in total. The Hall–Kier alpha value is -2.21. The molecule has 3 heterocycles. The van der Waals surface area contributed by atoms with E-state index in [9.17, 15) is 0 Å². The van der Waals surface area contributed by atoms with Gasteiger partial charge in [-0.1, -0.05) is 11.6 Å². The first kappa shape index (κ1) is 13.5. The summed E-state index contributed by atoms with van der Waals surface area (Å²) in [6.45, 7) is 1.54. The molecule has 3 aromatic heterocycles. The lowest BCUT2D eigenvalue weighted by atomic mass is 9.85. The quantitative estimate of drug-likeness (QED) is 0.724. The van der Waals surface area contributed by atoms with E-state index in [2.05, 4.69) is 39.3 Å². The maximum Gasteiger partial charge on any atom is 0.229 e. The van der Waals surface area contributed by atoms with E-state index in [0.717, 1.165) is 23.8 Å². The highest BCUT2D eigenvalue weighted by Gasteiger charge is 2.25. The first-order valence-electron chi connectivity index (χ1n) is 7.71. The number of rotatable bonds is 5. The van der Waals surface area contributed by atoms with Gasteiger partial charge in [0.1, 0.15) is 0 Å². The van der Waals surface area contributed by atoms with Crippen LogP contribution in [0, 0.1) is 0 Å². The highest BCUT2D eigenvalue weighted by Crippen LogP contribution is 2.35. The second-order valence-electron chi connectivity index (χ2n) is 6.08. The van der Waals surface area contributed by atoms with E-state index < -0.39 is 0 Å². The van der Waals surface area contributed by atoms with Gasteiger partial charge >= 0.3 is 0 Å². The topological polar surface area (TPSA) is 59.5 Å². The number of nitrogens with zero attached hydrogens (tertiary/aromatic N) is 5. The smallest absolute Gasteiger partial charge is 0.229 e. The minimum absolute atomic E-state index is 0.496. The Bertz CT molecular complexity index is 774. The first-order chi connectivity index (χ1) is 10.8. The Labute approximate surface area is 128 Å². The first-order valence-corrected chi connectivity index (χ1v) is 7.71. The van der Waals surface area contributed by atoms with Gasteiger partial charge in [0.2, 0.25) is 5.89 Å². The Kier molecular flexibility index (Phi) is 3.38. The Morgan fingerprint density at radius 2 is 2.23 bits per heavy atom. The summed E-state index contributed by atoms with van der Waals surface area (Å²) < 4.78 is 7.24. The molecule has 0 aliphatic heterocycles. The van der Waals surface area contributed by atoms with Crippen molar-refractivity contribution in [2.75, 3.05) is 7.05 Å². The van der Waals surface area contributed by atoms with Crippen molar-refractivity contribution in [3.8, 4) is 0 Å². The molecule has 0 bridgehead atoms. The highest BCUT2D eigenvalue weighted by molar-refractivity contribution is 5.47. The SMILES string of the molecule is CN(Cc1ccn2nccc2c1)Cc1noc(C2CCC2)n1. The van der Waals surface area contributed by atoms with Crippen molar-refractivity contribution in [1.29, 1.82) is 0 Å². The van der Waals surface area contributed by atoms with Crippen LogP contribution in [-0.4, -0.2) is 31.7 Å². The van der Waals surface area contributed by atoms with Crippen LogP contribution in [0.4, 0.5) is 0 Å². The third-order valence-corrected chi connectivity index (χ3v) is 4.27. The van der Waals surface area contributed by atoms with Gasteiger partial charge in [-0.15, -0.1) is 0 Å². The van der Waals surface area contributed by atoms with Crippen LogP contribution in [0.1, 0.15) is 42.5 Å². The molecule has 0 spiro atoms. The summed E-state index contributed by atoms with van der Waals surface area (Å²) in [6.07, 6.45) is 7.44. The lowest BCUT2D eigenvalue weighted by Crippen LogP contribution is -2.18. The van der Waals surface area contributed by atoms with Crippen LogP contribution in [0.2, 0.25) is 0 Å². The van der Waals surface area contributed by atoms with Crippen LogP contribution in [0.15, 0.2) is 35.1 Å². The number of fused-ring (bicyclic) bond motifs is 1. The van der Waals surface area contributed by atoms with E-state index >= 15 is 0 Å². The summed E-state index contributed by atoms with van der Waals surface area (Å²) in [7, 11) is 2.07. The normalized spacial score (nSPS) is 15.5. The van der Waals surface area contributed by atoms with Gasteiger partial charge in [-0.25, -0.2) is 4.52 Å². The molecule has 6 heteroatoms. The number of aromatic nitrogens is 4. The number of hydrogen-bond acceptors (Lipinski definition) is 5. The third kappa shape index (κ3) is 2.62. The summed E-state index contributed by atoms with van der Waals surface area (Å²) in [5, 5.41) is 8.31. The molecule has 0 atom stereocenters. The van der Waals surface area contributed by atoms with Gasteiger partial charge in [-0.2, -0.15) is 10.1 Å². The molecule has 1 fully saturated rings. The lowest BCUT2D eigenvalue weighted by Gasteiger charge is -2.20. The molecular formula is C16H19N5O. The Morgan fingerprint density at radius 1 is 1.32 bits per heavy atom. The largest absolute Gasteiger partial charge is 0.339 e. The molecule has 3 aromatic rings. The third-order valence-electron chi connectivity index (χ3n) is 4.27. The molecule has 0 radical (unpaired) electrons. The fourth-order valence-corrected chi connectivity index (χ4v) is 2.83. The van der Waals surface area contributed by atoms with E-state index in [-0.39, 0.29) is 0 Å². The fourth-order valence-electron chi connectivity index (χ4n) is 2.83. The molecule has 0 unspecified atom stereocenters. The molecule has 0 aromatic carbocycles.